The van der Waals surface area contributed by atoms with Crippen LogP contribution in [0.3, 0.4) is 0 Å². The molecule has 4 atom stereocenters. The van der Waals surface area contributed by atoms with E-state index in [9.17, 15) is 0 Å². The summed E-state index contributed by atoms with van der Waals surface area (Å²) in [5.41, 5.74) is 9.36. The molecule has 4 fully saturated rings. The summed E-state index contributed by atoms with van der Waals surface area (Å²) in [7, 11) is -2.69. The van der Waals surface area contributed by atoms with Gasteiger partial charge in [-0.05, 0) is 152 Å². The molecule has 0 amide bonds. The summed E-state index contributed by atoms with van der Waals surface area (Å²) >= 11 is -1.92. The first-order valence-corrected chi connectivity index (χ1v) is 28.5. The molecule has 13 nitrogen and oxygen atoms in total. The van der Waals surface area contributed by atoms with E-state index >= 15 is 0 Å². The van der Waals surface area contributed by atoms with Gasteiger partial charge in [-0.1, -0.05) is 49.8 Å². The van der Waals surface area contributed by atoms with Gasteiger partial charge in [-0.3, -0.25) is 0 Å². The standard InChI is InChI=1S/C31H46O7Si.C24H26O4.2O.Pt/c1-5-9-11-26-18-24(13-15-30(26)34-22-28-20-32-28)25-14-16-31(35-23-29-21-33-29)27(19-25)12-10-17-39(36-6-2,37-7-3)38-8-4;1-3-5-19-11-17(7-9-23(19)27-15-21-13-25-21)18-8-10-24(20(12-18)6-4-2)28-16-22-14-26-22;;;/h13-16,18-19,28-29H,5-12,17,20-23H2,1-4H3;3-4,7-12,21-22H,1-2,5-6,13-16H2;;;. The number of unbranched alkanes of at least 4 members (excludes halogenated alkanes) is 1. The maximum absolute atomic E-state index is 8.49. The molecule has 4 unspecified atom stereocenters. The normalized spacial score (nSPS) is 18.3. The molecule has 4 heterocycles. The van der Waals surface area contributed by atoms with Crippen molar-refractivity contribution >= 4 is 8.80 Å². The van der Waals surface area contributed by atoms with Gasteiger partial charge in [-0.25, -0.2) is 0 Å². The van der Waals surface area contributed by atoms with E-state index in [1.165, 1.54) is 22.3 Å². The number of benzene rings is 4. The van der Waals surface area contributed by atoms with Gasteiger partial charge in [0, 0.05) is 25.9 Å². The van der Waals surface area contributed by atoms with Gasteiger partial charge in [0.1, 0.15) is 73.8 Å². The predicted octanol–water partition coefficient (Wildman–Crippen LogP) is 10.4. The van der Waals surface area contributed by atoms with Gasteiger partial charge >= 0.3 is 34.1 Å². The van der Waals surface area contributed by atoms with E-state index in [4.69, 9.17) is 58.0 Å². The zero-order chi connectivity index (χ0) is 49.6. The second-order valence-corrected chi connectivity index (χ2v) is 20.4. The van der Waals surface area contributed by atoms with Crippen LogP contribution in [-0.4, -0.2) is 106 Å². The van der Waals surface area contributed by atoms with Crippen molar-refractivity contribution in [1.82, 2.24) is 0 Å². The van der Waals surface area contributed by atoms with Crippen LogP contribution in [0.15, 0.2) is 98.1 Å². The van der Waals surface area contributed by atoms with Gasteiger partial charge in [-0.2, -0.15) is 0 Å². The molecule has 4 aliphatic rings. The second-order valence-electron chi connectivity index (χ2n) is 17.3. The fraction of sp³-hybridized carbons (Fsp3) is 0.491. The van der Waals surface area contributed by atoms with Crippen LogP contribution in [0.5, 0.6) is 23.0 Å². The van der Waals surface area contributed by atoms with Crippen molar-refractivity contribution in [2.45, 2.75) is 103 Å². The van der Waals surface area contributed by atoms with Crippen LogP contribution in [0.25, 0.3) is 22.3 Å². The summed E-state index contributed by atoms with van der Waals surface area (Å²) in [4.78, 5) is 0. The van der Waals surface area contributed by atoms with Crippen LogP contribution < -0.4 is 18.9 Å². The monoisotopic (exact) mass is 1160 g/mol. The Morgan fingerprint density at radius 2 is 0.814 bits per heavy atom. The molecule has 4 saturated heterocycles. The van der Waals surface area contributed by atoms with Crippen molar-refractivity contribution < 1.29 is 76.5 Å². The van der Waals surface area contributed by atoms with Crippen molar-refractivity contribution in [3.63, 3.8) is 0 Å². The topological polar surface area (TPSA) is 149 Å². The van der Waals surface area contributed by atoms with Crippen molar-refractivity contribution in [3.8, 4) is 45.3 Å². The van der Waals surface area contributed by atoms with E-state index < -0.39 is 27.3 Å². The number of allylic oxidation sites excluding steroid dienone is 2. The molecule has 15 heteroatoms. The molecule has 0 aliphatic carbocycles. The molecule has 4 aromatic carbocycles. The van der Waals surface area contributed by atoms with E-state index in [0.29, 0.717) is 46.2 Å². The zero-order valence-electron chi connectivity index (χ0n) is 41.4. The van der Waals surface area contributed by atoms with Gasteiger partial charge in [0.15, 0.2) is 0 Å². The Morgan fingerprint density at radius 1 is 0.514 bits per heavy atom. The molecule has 384 valence electrons. The van der Waals surface area contributed by atoms with E-state index in [1.54, 1.807) is 0 Å². The van der Waals surface area contributed by atoms with Crippen LogP contribution in [-0.2, 0) is 83.2 Å². The SMILES string of the molecule is C=CCc1cc(-c2ccc(OCC3CO3)c(CC=C)c2)ccc1OCC1CO1.CCCCc1cc(-c2ccc(OCC3CO3)c(CCC[Si](OCC)(OCC)OCC)c2)ccc1OCC1CO1.[O]=[Pt]=[O]. The number of epoxide rings is 4. The summed E-state index contributed by atoms with van der Waals surface area (Å²) in [5, 5.41) is 0. The Morgan fingerprint density at radius 3 is 1.10 bits per heavy atom. The fourth-order valence-electron chi connectivity index (χ4n) is 7.87. The first kappa shape index (κ1) is 55.1. The van der Waals surface area contributed by atoms with Crippen molar-refractivity contribution in [3.05, 3.63) is 120 Å². The first-order chi connectivity index (χ1) is 34.3. The number of ether oxygens (including phenoxy) is 8. The van der Waals surface area contributed by atoms with E-state index in [2.05, 4.69) is 80.7 Å². The van der Waals surface area contributed by atoms with Gasteiger partial charge < -0.3 is 51.2 Å². The van der Waals surface area contributed by atoms with Crippen LogP contribution in [0, 0.1) is 0 Å². The molecular weight excluding hydrogens is 1090 g/mol. The maximum atomic E-state index is 8.49. The number of rotatable bonds is 31. The Kier molecular flexibility index (Phi) is 23.1. The fourth-order valence-corrected chi connectivity index (χ4v) is 10.5. The molecule has 4 aromatic rings. The average molecular weight is 1160 g/mol. The second kappa shape index (κ2) is 29.3. The third kappa shape index (κ3) is 18.4. The summed E-state index contributed by atoms with van der Waals surface area (Å²) < 4.78 is 80.6. The molecule has 0 N–H and O–H groups in total. The molecule has 8 rings (SSSR count). The Labute approximate surface area is 424 Å². The van der Waals surface area contributed by atoms with Crippen molar-refractivity contribution in [2.75, 3.05) is 72.7 Å². The van der Waals surface area contributed by atoms with Gasteiger partial charge in [-0.15, -0.1) is 13.2 Å². The number of hydrogen-bond donors (Lipinski definition) is 0. The first-order valence-electron chi connectivity index (χ1n) is 24.8. The zero-order valence-corrected chi connectivity index (χ0v) is 44.6. The Bertz CT molecular complexity index is 2200. The van der Waals surface area contributed by atoms with Crippen molar-refractivity contribution in [2.24, 2.45) is 0 Å². The third-order valence-corrected chi connectivity index (χ3v) is 14.9. The molecule has 4 aliphatic heterocycles. The minimum absolute atomic E-state index is 0.209. The summed E-state index contributed by atoms with van der Waals surface area (Å²) in [6, 6.07) is 26.5. The Balaban J connectivity index is 0.000000227. The summed E-state index contributed by atoms with van der Waals surface area (Å²) in [6.07, 6.45) is 11.3. The molecule has 0 radical (unpaired) electrons. The summed E-state index contributed by atoms with van der Waals surface area (Å²) in [6.45, 7) is 23.3. The molecule has 0 spiro atoms. The van der Waals surface area contributed by atoms with Crippen LogP contribution in [0.1, 0.15) is 69.2 Å². The quantitative estimate of drug-likeness (QED) is 0.0268. The number of hydrogen-bond acceptors (Lipinski definition) is 13. The van der Waals surface area contributed by atoms with Crippen LogP contribution in [0.2, 0.25) is 6.04 Å². The Hall–Kier alpha value is -4.21. The number of aryl methyl sites for hydroxylation is 2. The molecule has 0 bridgehead atoms. The molecule has 70 heavy (non-hydrogen) atoms. The average Bonchev–Trinajstić information content (AvgIpc) is 4.14. The molecular formula is C55H72O13PtSi. The van der Waals surface area contributed by atoms with Crippen LogP contribution in [0.4, 0.5) is 0 Å². The van der Waals surface area contributed by atoms with Crippen LogP contribution >= 0.6 is 0 Å². The van der Waals surface area contributed by atoms with E-state index in [0.717, 1.165) is 123 Å². The summed E-state index contributed by atoms with van der Waals surface area (Å²) in [5.74, 6) is 3.68. The molecule has 0 aromatic heterocycles. The van der Waals surface area contributed by atoms with Gasteiger partial charge in [0.05, 0.1) is 26.4 Å². The van der Waals surface area contributed by atoms with Gasteiger partial charge in [0.25, 0.3) is 0 Å². The molecule has 0 saturated carbocycles. The van der Waals surface area contributed by atoms with E-state index in [1.807, 2.05) is 45.1 Å². The van der Waals surface area contributed by atoms with E-state index in [-0.39, 0.29) is 24.4 Å². The predicted molar refractivity (Wildman–Crippen MR) is 266 cm³/mol. The third-order valence-electron chi connectivity index (χ3n) is 11.8. The van der Waals surface area contributed by atoms with Gasteiger partial charge in [0.2, 0.25) is 0 Å². The minimum atomic E-state index is -2.69. The van der Waals surface area contributed by atoms with Crippen molar-refractivity contribution in [1.29, 1.82) is 0 Å².